The van der Waals surface area contributed by atoms with Crippen LogP contribution in [0, 0.1) is 6.92 Å². The van der Waals surface area contributed by atoms with Crippen LogP contribution in [0.3, 0.4) is 0 Å². The van der Waals surface area contributed by atoms with Crippen molar-refractivity contribution in [3.63, 3.8) is 0 Å². The van der Waals surface area contributed by atoms with Crippen LogP contribution in [0.4, 0.5) is 0 Å². The minimum Gasteiger partial charge on any atom is -0.320 e. The van der Waals surface area contributed by atoms with Gasteiger partial charge in [-0.3, -0.25) is 0 Å². The van der Waals surface area contributed by atoms with Crippen LogP contribution in [-0.2, 0) is 6.42 Å². The third-order valence-electron chi connectivity index (χ3n) is 2.88. The molecule has 0 bridgehead atoms. The molecule has 2 rings (SSSR count). The fraction of sp³-hybridized carbons (Fsp3) is 0.286. The maximum Gasteiger partial charge on any atom is 0.0646 e. The van der Waals surface area contributed by atoms with Gasteiger partial charge in [0.2, 0.25) is 0 Å². The second-order valence-electron chi connectivity index (χ2n) is 4.14. The average Bonchev–Trinajstić information content (AvgIpc) is 2.80. The van der Waals surface area contributed by atoms with Gasteiger partial charge in [-0.25, -0.2) is 0 Å². The van der Waals surface area contributed by atoms with E-state index < -0.39 is 0 Å². The molecule has 0 spiro atoms. The van der Waals surface area contributed by atoms with E-state index in [0.717, 1.165) is 22.6 Å². The van der Waals surface area contributed by atoms with Crippen molar-refractivity contribution in [2.45, 2.75) is 26.3 Å². The Kier molecular flexibility index (Phi) is 3.87. The van der Waals surface area contributed by atoms with Crippen molar-refractivity contribution in [1.29, 1.82) is 0 Å². The fourth-order valence-electron chi connectivity index (χ4n) is 1.78. The second-order valence-corrected chi connectivity index (χ2v) is 5.75. The predicted molar refractivity (Wildman–Crippen MR) is 75.9 cm³/mol. The number of nitrogens with two attached hydrogens (primary N) is 1. The lowest BCUT2D eigenvalue weighted by molar-refractivity contribution is 0.891. The van der Waals surface area contributed by atoms with E-state index in [1.165, 1.54) is 9.75 Å². The number of halogens is 1. The highest BCUT2D eigenvalue weighted by molar-refractivity contribution is 7.12. The number of hydrogen-bond acceptors (Lipinski definition) is 2. The number of benzene rings is 1. The van der Waals surface area contributed by atoms with E-state index in [2.05, 4.69) is 25.1 Å². The first kappa shape index (κ1) is 12.6. The average molecular weight is 266 g/mol. The summed E-state index contributed by atoms with van der Waals surface area (Å²) in [5, 5.41) is 0.793. The molecule has 1 aromatic carbocycles. The molecule has 90 valence electrons. The molecule has 0 amide bonds. The molecule has 0 aliphatic carbocycles. The zero-order valence-corrected chi connectivity index (χ0v) is 11.6. The van der Waals surface area contributed by atoms with E-state index in [4.69, 9.17) is 17.3 Å². The first-order valence-corrected chi connectivity index (χ1v) is 6.91. The zero-order valence-electron chi connectivity index (χ0n) is 10.0. The summed E-state index contributed by atoms with van der Waals surface area (Å²) in [5.41, 5.74) is 8.47. The van der Waals surface area contributed by atoms with Gasteiger partial charge in [-0.2, -0.15) is 0 Å². The third kappa shape index (κ3) is 2.71. The Bertz CT molecular complexity index is 519. The number of rotatable bonds is 3. The first-order valence-electron chi connectivity index (χ1n) is 5.72. The predicted octanol–water partition coefficient (Wildman–Crippen LogP) is 4.32. The van der Waals surface area contributed by atoms with Gasteiger partial charge in [0.1, 0.15) is 0 Å². The molecule has 3 heteroatoms. The summed E-state index contributed by atoms with van der Waals surface area (Å²) in [6, 6.07) is 10.2. The Hall–Kier alpha value is -0.830. The molecule has 0 fully saturated rings. The summed E-state index contributed by atoms with van der Waals surface area (Å²) in [5.74, 6) is 0. The van der Waals surface area contributed by atoms with E-state index in [0.29, 0.717) is 0 Å². The van der Waals surface area contributed by atoms with Crippen molar-refractivity contribution in [2.75, 3.05) is 0 Å². The maximum absolute atomic E-state index is 6.27. The van der Waals surface area contributed by atoms with Gasteiger partial charge >= 0.3 is 0 Å². The SMILES string of the molecule is CCc1ccc(C(N)c2ccc(Cl)c(C)c2)s1. The van der Waals surface area contributed by atoms with Crippen molar-refractivity contribution in [3.05, 3.63) is 56.2 Å². The lowest BCUT2D eigenvalue weighted by atomic mass is 10.0. The normalized spacial score (nSPS) is 12.7. The van der Waals surface area contributed by atoms with Gasteiger partial charge < -0.3 is 5.73 Å². The van der Waals surface area contributed by atoms with Gasteiger partial charge in [0.05, 0.1) is 6.04 Å². The molecule has 0 radical (unpaired) electrons. The highest BCUT2D eigenvalue weighted by Gasteiger charge is 2.12. The molecule has 1 unspecified atom stereocenters. The van der Waals surface area contributed by atoms with Gasteiger partial charge in [-0.15, -0.1) is 11.3 Å². The number of aryl methyl sites for hydroxylation is 2. The summed E-state index contributed by atoms with van der Waals surface area (Å²) in [4.78, 5) is 2.59. The molecule has 0 saturated carbocycles. The summed E-state index contributed by atoms with van der Waals surface area (Å²) in [6.45, 7) is 4.16. The highest BCUT2D eigenvalue weighted by atomic mass is 35.5. The van der Waals surface area contributed by atoms with Crippen LogP contribution in [0.5, 0.6) is 0 Å². The number of thiophene rings is 1. The standard InChI is InChI=1S/C14H16ClNS/c1-3-11-5-7-13(17-11)14(16)10-4-6-12(15)9(2)8-10/h4-8,14H,3,16H2,1-2H3. The molecule has 2 N–H and O–H groups in total. The zero-order chi connectivity index (χ0) is 12.4. The molecular formula is C14H16ClNS. The van der Waals surface area contributed by atoms with Gasteiger partial charge in [0.25, 0.3) is 0 Å². The van der Waals surface area contributed by atoms with Crippen molar-refractivity contribution in [3.8, 4) is 0 Å². The third-order valence-corrected chi connectivity index (χ3v) is 4.62. The van der Waals surface area contributed by atoms with Gasteiger partial charge in [0.15, 0.2) is 0 Å². The van der Waals surface area contributed by atoms with E-state index in [1.54, 1.807) is 11.3 Å². The van der Waals surface area contributed by atoms with E-state index in [9.17, 15) is 0 Å². The van der Waals surface area contributed by atoms with E-state index in [-0.39, 0.29) is 6.04 Å². The van der Waals surface area contributed by atoms with Crippen molar-refractivity contribution >= 4 is 22.9 Å². The number of hydrogen-bond donors (Lipinski definition) is 1. The highest BCUT2D eigenvalue weighted by Crippen LogP contribution is 2.28. The van der Waals surface area contributed by atoms with Crippen molar-refractivity contribution in [2.24, 2.45) is 5.73 Å². The Morgan fingerprint density at radius 1 is 1.29 bits per heavy atom. The molecule has 0 saturated heterocycles. The summed E-state index contributed by atoms with van der Waals surface area (Å²) in [7, 11) is 0. The van der Waals surface area contributed by atoms with Gasteiger partial charge in [-0.1, -0.05) is 30.7 Å². The van der Waals surface area contributed by atoms with Crippen LogP contribution in [-0.4, -0.2) is 0 Å². The Labute approximate surface area is 111 Å². The molecule has 0 aliphatic rings. The van der Waals surface area contributed by atoms with E-state index in [1.807, 2.05) is 19.1 Å². The van der Waals surface area contributed by atoms with Crippen LogP contribution in [0.25, 0.3) is 0 Å². The van der Waals surface area contributed by atoms with Crippen LogP contribution in [0.15, 0.2) is 30.3 Å². The fourth-order valence-corrected chi connectivity index (χ4v) is 2.88. The maximum atomic E-state index is 6.27. The molecule has 1 heterocycles. The molecule has 1 atom stereocenters. The van der Waals surface area contributed by atoms with Crippen molar-refractivity contribution in [1.82, 2.24) is 0 Å². The topological polar surface area (TPSA) is 26.0 Å². The largest absolute Gasteiger partial charge is 0.320 e. The molecule has 0 aliphatic heterocycles. The molecule has 1 aromatic heterocycles. The molecule has 17 heavy (non-hydrogen) atoms. The summed E-state index contributed by atoms with van der Waals surface area (Å²) < 4.78 is 0. The van der Waals surface area contributed by atoms with Crippen LogP contribution < -0.4 is 5.73 Å². The van der Waals surface area contributed by atoms with Gasteiger partial charge in [-0.05, 0) is 42.7 Å². The molecular weight excluding hydrogens is 250 g/mol. The Balaban J connectivity index is 2.29. The van der Waals surface area contributed by atoms with E-state index >= 15 is 0 Å². The molecule has 2 aromatic rings. The second kappa shape index (κ2) is 5.21. The van der Waals surface area contributed by atoms with Crippen LogP contribution >= 0.6 is 22.9 Å². The van der Waals surface area contributed by atoms with Crippen LogP contribution in [0.2, 0.25) is 5.02 Å². The monoisotopic (exact) mass is 265 g/mol. The minimum atomic E-state index is -0.0451. The van der Waals surface area contributed by atoms with Crippen molar-refractivity contribution < 1.29 is 0 Å². The first-order chi connectivity index (χ1) is 8.11. The quantitative estimate of drug-likeness (QED) is 0.879. The van der Waals surface area contributed by atoms with Crippen LogP contribution in [0.1, 0.15) is 33.8 Å². The summed E-state index contributed by atoms with van der Waals surface area (Å²) in [6.07, 6.45) is 1.07. The smallest absolute Gasteiger partial charge is 0.0646 e. The van der Waals surface area contributed by atoms with Gasteiger partial charge in [0, 0.05) is 14.8 Å². The molecule has 1 nitrogen and oxygen atoms in total. The summed E-state index contributed by atoms with van der Waals surface area (Å²) >= 11 is 7.81. The Morgan fingerprint density at radius 3 is 2.65 bits per heavy atom. The lowest BCUT2D eigenvalue weighted by Gasteiger charge is -2.11. The minimum absolute atomic E-state index is 0.0451. The Morgan fingerprint density at radius 2 is 2.06 bits per heavy atom. The lowest BCUT2D eigenvalue weighted by Crippen LogP contribution is -2.10.